The number of rotatable bonds is 1. The Bertz CT molecular complexity index is 504. The van der Waals surface area contributed by atoms with Gasteiger partial charge in [0, 0.05) is 18.7 Å². The van der Waals surface area contributed by atoms with Gasteiger partial charge in [0.25, 0.3) is 0 Å². The summed E-state index contributed by atoms with van der Waals surface area (Å²) >= 11 is 6.14. The topological polar surface area (TPSA) is 29.9 Å². The SMILES string of the molecule is Clc1ccccc1-n1ncc2c1CNC2. The van der Waals surface area contributed by atoms with E-state index in [-0.39, 0.29) is 0 Å². The highest BCUT2D eigenvalue weighted by Gasteiger charge is 2.17. The Labute approximate surface area is 92.7 Å². The average molecular weight is 220 g/mol. The molecule has 1 N–H and O–H groups in total. The number of hydrogen-bond donors (Lipinski definition) is 1. The van der Waals surface area contributed by atoms with Crippen LogP contribution in [0.15, 0.2) is 30.5 Å². The summed E-state index contributed by atoms with van der Waals surface area (Å²) in [5.74, 6) is 0. The summed E-state index contributed by atoms with van der Waals surface area (Å²) in [6.07, 6.45) is 1.90. The lowest BCUT2D eigenvalue weighted by Gasteiger charge is -2.06. The molecule has 4 heteroatoms. The molecule has 15 heavy (non-hydrogen) atoms. The summed E-state index contributed by atoms with van der Waals surface area (Å²) in [6.45, 7) is 1.76. The first-order valence-electron chi connectivity index (χ1n) is 4.87. The zero-order valence-electron chi connectivity index (χ0n) is 8.07. The normalized spacial score (nSPS) is 14.2. The Morgan fingerprint density at radius 1 is 1.27 bits per heavy atom. The maximum atomic E-state index is 6.14. The molecule has 0 aliphatic carbocycles. The van der Waals surface area contributed by atoms with Gasteiger partial charge in [-0.15, -0.1) is 0 Å². The van der Waals surface area contributed by atoms with Crippen LogP contribution in [0.25, 0.3) is 5.69 Å². The quantitative estimate of drug-likeness (QED) is 0.797. The number of hydrogen-bond acceptors (Lipinski definition) is 2. The molecule has 0 spiro atoms. The van der Waals surface area contributed by atoms with E-state index in [0.717, 1.165) is 23.8 Å². The number of aromatic nitrogens is 2. The van der Waals surface area contributed by atoms with Crippen molar-refractivity contribution in [2.75, 3.05) is 0 Å². The van der Waals surface area contributed by atoms with E-state index in [1.165, 1.54) is 11.3 Å². The molecule has 1 aromatic heterocycles. The van der Waals surface area contributed by atoms with Crippen molar-refractivity contribution in [2.45, 2.75) is 13.1 Å². The van der Waals surface area contributed by atoms with Crippen molar-refractivity contribution in [3.63, 3.8) is 0 Å². The van der Waals surface area contributed by atoms with Crippen molar-refractivity contribution in [1.82, 2.24) is 15.1 Å². The van der Waals surface area contributed by atoms with E-state index in [9.17, 15) is 0 Å². The van der Waals surface area contributed by atoms with Crippen molar-refractivity contribution in [1.29, 1.82) is 0 Å². The summed E-state index contributed by atoms with van der Waals surface area (Å²) in [6, 6.07) is 7.76. The zero-order valence-corrected chi connectivity index (χ0v) is 8.83. The molecule has 76 valence electrons. The molecular weight excluding hydrogens is 210 g/mol. The highest BCUT2D eigenvalue weighted by Crippen LogP contribution is 2.24. The van der Waals surface area contributed by atoms with Crippen molar-refractivity contribution in [3.8, 4) is 5.69 Å². The van der Waals surface area contributed by atoms with Gasteiger partial charge in [-0.1, -0.05) is 23.7 Å². The number of benzene rings is 1. The second-order valence-electron chi connectivity index (χ2n) is 3.58. The molecule has 0 radical (unpaired) electrons. The van der Waals surface area contributed by atoms with Crippen molar-refractivity contribution in [3.05, 3.63) is 46.7 Å². The average Bonchev–Trinajstić information content (AvgIpc) is 2.80. The zero-order chi connectivity index (χ0) is 10.3. The third kappa shape index (κ3) is 1.35. The molecule has 1 aliphatic rings. The van der Waals surface area contributed by atoms with E-state index in [1.54, 1.807) is 0 Å². The molecule has 1 aromatic carbocycles. The minimum Gasteiger partial charge on any atom is -0.307 e. The van der Waals surface area contributed by atoms with Crippen molar-refractivity contribution in [2.24, 2.45) is 0 Å². The fourth-order valence-corrected chi connectivity index (χ4v) is 2.11. The maximum Gasteiger partial charge on any atom is 0.0835 e. The highest BCUT2D eigenvalue weighted by molar-refractivity contribution is 6.32. The standard InChI is InChI=1S/C11H10ClN3/c12-9-3-1-2-4-10(9)15-11-7-13-5-8(11)6-14-15/h1-4,6,13H,5,7H2. The van der Waals surface area contributed by atoms with Gasteiger partial charge in [-0.25, -0.2) is 4.68 Å². The molecule has 0 atom stereocenters. The lowest BCUT2D eigenvalue weighted by Crippen LogP contribution is -2.07. The number of halogens is 1. The van der Waals surface area contributed by atoms with Gasteiger partial charge < -0.3 is 5.32 Å². The van der Waals surface area contributed by atoms with Gasteiger partial charge in [0.15, 0.2) is 0 Å². The van der Waals surface area contributed by atoms with E-state index < -0.39 is 0 Å². The van der Waals surface area contributed by atoms with E-state index >= 15 is 0 Å². The Balaban J connectivity index is 2.17. The van der Waals surface area contributed by atoms with Gasteiger partial charge in [0.2, 0.25) is 0 Å². The predicted molar refractivity (Wildman–Crippen MR) is 59.1 cm³/mol. The predicted octanol–water partition coefficient (Wildman–Crippen LogP) is 2.13. The largest absolute Gasteiger partial charge is 0.307 e. The summed E-state index contributed by atoms with van der Waals surface area (Å²) in [7, 11) is 0. The van der Waals surface area contributed by atoms with E-state index in [2.05, 4.69) is 10.4 Å². The van der Waals surface area contributed by atoms with Crippen LogP contribution in [0.5, 0.6) is 0 Å². The van der Waals surface area contributed by atoms with E-state index in [4.69, 9.17) is 11.6 Å². The van der Waals surface area contributed by atoms with Crippen molar-refractivity contribution < 1.29 is 0 Å². The molecule has 3 rings (SSSR count). The summed E-state index contributed by atoms with van der Waals surface area (Å²) in [5, 5.41) is 8.39. The fourth-order valence-electron chi connectivity index (χ4n) is 1.89. The van der Waals surface area contributed by atoms with Gasteiger partial charge in [-0.3, -0.25) is 0 Å². The van der Waals surface area contributed by atoms with E-state index in [1.807, 2.05) is 35.1 Å². The Morgan fingerprint density at radius 3 is 3.00 bits per heavy atom. The van der Waals surface area contributed by atoms with Gasteiger partial charge in [-0.05, 0) is 12.1 Å². The second kappa shape index (κ2) is 3.36. The third-order valence-electron chi connectivity index (χ3n) is 2.64. The molecule has 0 saturated carbocycles. The van der Waals surface area contributed by atoms with Crippen LogP contribution in [0.2, 0.25) is 5.02 Å². The molecule has 2 aromatic rings. The Morgan fingerprint density at radius 2 is 2.13 bits per heavy atom. The smallest absolute Gasteiger partial charge is 0.0835 e. The first-order valence-corrected chi connectivity index (χ1v) is 5.25. The van der Waals surface area contributed by atoms with Gasteiger partial charge in [-0.2, -0.15) is 5.10 Å². The number of nitrogens with one attached hydrogen (secondary N) is 1. The molecule has 0 bridgehead atoms. The van der Waals surface area contributed by atoms with Gasteiger partial charge in [0.1, 0.15) is 0 Å². The van der Waals surface area contributed by atoms with Crippen LogP contribution in [0.1, 0.15) is 11.3 Å². The minimum atomic E-state index is 0.732. The van der Waals surface area contributed by atoms with Crippen LogP contribution in [-0.4, -0.2) is 9.78 Å². The molecule has 1 aliphatic heterocycles. The maximum absolute atomic E-state index is 6.14. The molecule has 0 saturated heterocycles. The van der Waals surface area contributed by atoms with E-state index in [0.29, 0.717) is 0 Å². The van der Waals surface area contributed by atoms with Crippen LogP contribution in [0.3, 0.4) is 0 Å². The first-order chi connectivity index (χ1) is 7.36. The summed E-state index contributed by atoms with van der Waals surface area (Å²) in [5.41, 5.74) is 3.42. The molecule has 0 fully saturated rings. The van der Waals surface area contributed by atoms with Crippen LogP contribution < -0.4 is 5.32 Å². The van der Waals surface area contributed by atoms with Gasteiger partial charge >= 0.3 is 0 Å². The van der Waals surface area contributed by atoms with Crippen LogP contribution in [-0.2, 0) is 13.1 Å². The highest BCUT2D eigenvalue weighted by atomic mass is 35.5. The van der Waals surface area contributed by atoms with Gasteiger partial charge in [0.05, 0.1) is 22.6 Å². The molecule has 3 nitrogen and oxygen atoms in total. The lowest BCUT2D eigenvalue weighted by atomic mass is 10.3. The lowest BCUT2D eigenvalue weighted by molar-refractivity contribution is 0.711. The summed E-state index contributed by atoms with van der Waals surface area (Å²) in [4.78, 5) is 0. The molecule has 0 amide bonds. The Hall–Kier alpha value is -1.32. The first kappa shape index (κ1) is 8.95. The second-order valence-corrected chi connectivity index (χ2v) is 3.99. The van der Waals surface area contributed by atoms with Crippen LogP contribution in [0.4, 0.5) is 0 Å². The fraction of sp³-hybridized carbons (Fsp3) is 0.182. The molecule has 0 unspecified atom stereocenters. The molecule has 2 heterocycles. The van der Waals surface area contributed by atoms with Crippen molar-refractivity contribution >= 4 is 11.6 Å². The third-order valence-corrected chi connectivity index (χ3v) is 2.96. The minimum absolute atomic E-state index is 0.732. The van der Waals surface area contributed by atoms with Crippen LogP contribution >= 0.6 is 11.6 Å². The molecular formula is C11H10ClN3. The number of para-hydroxylation sites is 1. The van der Waals surface area contributed by atoms with Crippen LogP contribution in [0, 0.1) is 0 Å². The number of fused-ring (bicyclic) bond motifs is 1. The Kier molecular flexibility index (Phi) is 2.01. The number of nitrogens with zero attached hydrogens (tertiary/aromatic N) is 2. The summed E-state index contributed by atoms with van der Waals surface area (Å²) < 4.78 is 1.91. The monoisotopic (exact) mass is 219 g/mol.